The third kappa shape index (κ3) is 1.85. The lowest BCUT2D eigenvalue weighted by Crippen LogP contribution is -1.86. The van der Waals surface area contributed by atoms with Crippen molar-refractivity contribution in [3.63, 3.8) is 0 Å². The summed E-state index contributed by atoms with van der Waals surface area (Å²) in [4.78, 5) is 4.58. The fourth-order valence-corrected chi connectivity index (χ4v) is 2.20. The van der Waals surface area contributed by atoms with Gasteiger partial charge in [-0.1, -0.05) is 38.1 Å². The normalized spacial score (nSPS) is 10.8. The highest BCUT2D eigenvalue weighted by Crippen LogP contribution is 2.26. The molecule has 1 aromatic heterocycles. The molecule has 0 unspecified atom stereocenters. The third-order valence-corrected chi connectivity index (χ3v) is 2.99. The van der Waals surface area contributed by atoms with Crippen LogP contribution in [-0.2, 0) is 0 Å². The molecule has 2 rings (SSSR count). The van der Waals surface area contributed by atoms with Gasteiger partial charge in [-0.2, -0.15) is 0 Å². The summed E-state index contributed by atoms with van der Waals surface area (Å²) in [6, 6.07) is 10.9. The Bertz CT molecular complexity index is 403. The van der Waals surface area contributed by atoms with Crippen LogP contribution in [0.15, 0.2) is 29.6 Å². The van der Waals surface area contributed by atoms with Gasteiger partial charge in [-0.15, -0.1) is 11.3 Å². The number of hydrogen-bond acceptors (Lipinski definition) is 2. The molecule has 0 N–H and O–H groups in total. The van der Waals surface area contributed by atoms with Crippen molar-refractivity contribution in [1.82, 2.24) is 4.98 Å². The lowest BCUT2D eigenvalue weighted by molar-refractivity contribution is 0.834. The van der Waals surface area contributed by atoms with Gasteiger partial charge >= 0.3 is 0 Å². The lowest BCUT2D eigenvalue weighted by atomic mass is 10.1. The van der Waals surface area contributed by atoms with Crippen LogP contribution in [0, 0.1) is 6.07 Å². The molecular weight excluding hydrogens is 190 g/mol. The first kappa shape index (κ1) is 9.41. The maximum atomic E-state index is 4.58. The van der Waals surface area contributed by atoms with Gasteiger partial charge in [-0.05, 0) is 12.0 Å². The molecule has 0 aliphatic carbocycles. The Kier molecular flexibility index (Phi) is 2.64. The molecule has 0 saturated carbocycles. The molecule has 1 radical (unpaired) electrons. The standard InChI is InChI=1S/C12H12NS/c1-9(2)11-8-14-12(13-11)10-6-4-3-5-7-10/h4-9H,1-2H3. The van der Waals surface area contributed by atoms with E-state index in [-0.39, 0.29) is 0 Å². The molecule has 71 valence electrons. The summed E-state index contributed by atoms with van der Waals surface area (Å²) in [5.74, 6) is 0.510. The minimum absolute atomic E-state index is 0.510. The van der Waals surface area contributed by atoms with Gasteiger partial charge in [0.1, 0.15) is 5.01 Å². The number of hydrogen-bond donors (Lipinski definition) is 0. The van der Waals surface area contributed by atoms with Gasteiger partial charge < -0.3 is 0 Å². The summed E-state index contributed by atoms with van der Waals surface area (Å²) < 4.78 is 0. The van der Waals surface area contributed by atoms with Crippen molar-refractivity contribution in [2.24, 2.45) is 0 Å². The van der Waals surface area contributed by atoms with Gasteiger partial charge in [0.05, 0.1) is 5.69 Å². The molecule has 0 aliphatic heterocycles. The van der Waals surface area contributed by atoms with Gasteiger partial charge in [0.25, 0.3) is 0 Å². The molecule has 0 saturated heterocycles. The second kappa shape index (κ2) is 3.93. The zero-order chi connectivity index (χ0) is 9.97. The fourth-order valence-electron chi connectivity index (χ4n) is 1.21. The van der Waals surface area contributed by atoms with E-state index in [1.54, 1.807) is 11.3 Å². The third-order valence-electron chi connectivity index (χ3n) is 2.08. The molecule has 0 aliphatic rings. The van der Waals surface area contributed by atoms with Crippen LogP contribution in [0.25, 0.3) is 10.6 Å². The van der Waals surface area contributed by atoms with Crippen LogP contribution in [-0.4, -0.2) is 4.98 Å². The van der Waals surface area contributed by atoms with E-state index >= 15 is 0 Å². The van der Waals surface area contributed by atoms with E-state index in [4.69, 9.17) is 0 Å². The Balaban J connectivity index is 2.34. The van der Waals surface area contributed by atoms with Gasteiger partial charge in [-0.3, -0.25) is 0 Å². The number of nitrogens with zero attached hydrogens (tertiary/aromatic N) is 1. The Morgan fingerprint density at radius 3 is 2.57 bits per heavy atom. The minimum Gasteiger partial charge on any atom is -0.241 e. The van der Waals surface area contributed by atoms with Crippen molar-refractivity contribution in [3.05, 3.63) is 41.4 Å². The van der Waals surface area contributed by atoms with Crippen molar-refractivity contribution in [1.29, 1.82) is 0 Å². The summed E-state index contributed by atoms with van der Waals surface area (Å²) in [5, 5.41) is 3.24. The largest absolute Gasteiger partial charge is 0.241 e. The Labute approximate surface area is 88.4 Å². The zero-order valence-electron chi connectivity index (χ0n) is 8.32. The van der Waals surface area contributed by atoms with Crippen molar-refractivity contribution in [2.75, 3.05) is 0 Å². The van der Waals surface area contributed by atoms with Crippen LogP contribution < -0.4 is 0 Å². The van der Waals surface area contributed by atoms with E-state index in [2.05, 4.69) is 30.3 Å². The van der Waals surface area contributed by atoms with E-state index in [0.717, 1.165) is 5.01 Å². The number of aromatic nitrogens is 1. The van der Waals surface area contributed by atoms with Crippen LogP contribution >= 0.6 is 11.3 Å². The van der Waals surface area contributed by atoms with E-state index in [1.807, 2.05) is 24.3 Å². The maximum absolute atomic E-state index is 4.58. The highest BCUT2D eigenvalue weighted by atomic mass is 32.1. The Hall–Kier alpha value is -1.15. The quantitative estimate of drug-likeness (QED) is 0.723. The van der Waals surface area contributed by atoms with Crippen LogP contribution in [0.1, 0.15) is 25.5 Å². The summed E-state index contributed by atoms with van der Waals surface area (Å²) >= 11 is 1.71. The predicted octanol–water partition coefficient (Wildman–Crippen LogP) is 3.73. The highest BCUT2D eigenvalue weighted by molar-refractivity contribution is 7.13. The second-order valence-corrected chi connectivity index (χ2v) is 4.38. The van der Waals surface area contributed by atoms with E-state index in [0.29, 0.717) is 5.92 Å². The molecule has 0 spiro atoms. The second-order valence-electron chi connectivity index (χ2n) is 3.52. The van der Waals surface area contributed by atoms with Crippen LogP contribution in [0.4, 0.5) is 0 Å². The van der Waals surface area contributed by atoms with E-state index in [9.17, 15) is 0 Å². The first-order chi connectivity index (χ1) is 6.77. The minimum atomic E-state index is 0.510. The van der Waals surface area contributed by atoms with Crippen molar-refractivity contribution in [3.8, 4) is 10.6 Å². The average molecular weight is 202 g/mol. The van der Waals surface area contributed by atoms with Crippen molar-refractivity contribution >= 4 is 11.3 Å². The molecule has 14 heavy (non-hydrogen) atoms. The molecule has 2 heteroatoms. The monoisotopic (exact) mass is 202 g/mol. The molecule has 1 aromatic carbocycles. The fraction of sp³-hybridized carbons (Fsp3) is 0.250. The van der Waals surface area contributed by atoms with Crippen LogP contribution in [0.5, 0.6) is 0 Å². The van der Waals surface area contributed by atoms with E-state index in [1.165, 1.54) is 11.3 Å². The SMILES string of the molecule is CC(C)c1csc(-c2cc[c]cc2)n1. The summed E-state index contributed by atoms with van der Waals surface area (Å²) in [6.45, 7) is 4.33. The molecule has 2 aromatic rings. The molecule has 1 nitrogen and oxygen atoms in total. The molecule has 1 heterocycles. The average Bonchev–Trinajstić information content (AvgIpc) is 2.68. The molecule has 0 fully saturated rings. The number of benzene rings is 1. The van der Waals surface area contributed by atoms with Crippen LogP contribution in [0.3, 0.4) is 0 Å². The topological polar surface area (TPSA) is 12.9 Å². The smallest absolute Gasteiger partial charge is 0.123 e. The Morgan fingerprint density at radius 1 is 1.29 bits per heavy atom. The van der Waals surface area contributed by atoms with Gasteiger partial charge in [-0.25, -0.2) is 4.98 Å². The van der Waals surface area contributed by atoms with Crippen molar-refractivity contribution < 1.29 is 0 Å². The zero-order valence-corrected chi connectivity index (χ0v) is 9.14. The molecule has 0 atom stereocenters. The highest BCUT2D eigenvalue weighted by Gasteiger charge is 2.06. The predicted molar refractivity (Wildman–Crippen MR) is 60.5 cm³/mol. The molecule has 0 bridgehead atoms. The summed E-state index contributed by atoms with van der Waals surface area (Å²) in [7, 11) is 0. The van der Waals surface area contributed by atoms with Crippen molar-refractivity contribution in [2.45, 2.75) is 19.8 Å². The summed E-state index contributed by atoms with van der Waals surface area (Å²) in [5.41, 5.74) is 2.36. The van der Waals surface area contributed by atoms with Crippen LogP contribution in [0.2, 0.25) is 0 Å². The first-order valence-corrected chi connectivity index (χ1v) is 5.57. The maximum Gasteiger partial charge on any atom is 0.123 e. The Morgan fingerprint density at radius 2 is 2.00 bits per heavy atom. The van der Waals surface area contributed by atoms with E-state index < -0.39 is 0 Å². The number of rotatable bonds is 2. The summed E-state index contributed by atoms with van der Waals surface area (Å²) in [6.07, 6.45) is 0. The first-order valence-electron chi connectivity index (χ1n) is 4.69. The van der Waals surface area contributed by atoms with Gasteiger partial charge in [0.15, 0.2) is 0 Å². The lowest BCUT2D eigenvalue weighted by Gasteiger charge is -1.97. The number of thiazole rings is 1. The van der Waals surface area contributed by atoms with Gasteiger partial charge in [0.2, 0.25) is 0 Å². The molecular formula is C12H12NS. The molecule has 0 amide bonds. The van der Waals surface area contributed by atoms with Gasteiger partial charge in [0, 0.05) is 10.9 Å².